The molecular formula is C13H14ClIN2. The van der Waals surface area contributed by atoms with E-state index in [1.807, 2.05) is 19.2 Å². The summed E-state index contributed by atoms with van der Waals surface area (Å²) in [4.78, 5) is 4.74. The number of hydrogen-bond acceptors (Lipinski definition) is 2. The zero-order chi connectivity index (χ0) is 12.6. The summed E-state index contributed by atoms with van der Waals surface area (Å²) < 4.78 is 1.09. The second-order valence-electron chi connectivity index (χ2n) is 3.95. The van der Waals surface area contributed by atoms with Crippen LogP contribution in [0.15, 0.2) is 12.1 Å². The van der Waals surface area contributed by atoms with Gasteiger partial charge in [-0.1, -0.05) is 18.5 Å². The van der Waals surface area contributed by atoms with Gasteiger partial charge in [0, 0.05) is 32.4 Å². The summed E-state index contributed by atoms with van der Waals surface area (Å²) in [5.41, 5.74) is 4.51. The number of nitrogens with zero attached hydrogens (tertiary/aromatic N) is 1. The van der Waals surface area contributed by atoms with Gasteiger partial charge < -0.3 is 5.32 Å². The van der Waals surface area contributed by atoms with Gasteiger partial charge in [-0.15, -0.1) is 0 Å². The summed E-state index contributed by atoms with van der Waals surface area (Å²) in [6.07, 6.45) is 0.940. The summed E-state index contributed by atoms with van der Waals surface area (Å²) in [5, 5.41) is 5.12. The second kappa shape index (κ2) is 4.98. The molecular weight excluding hydrogens is 347 g/mol. The van der Waals surface area contributed by atoms with Gasteiger partial charge >= 0.3 is 0 Å². The molecule has 0 radical (unpaired) electrons. The van der Waals surface area contributed by atoms with Crippen molar-refractivity contribution < 1.29 is 0 Å². The molecule has 0 aliphatic carbocycles. The Labute approximate surface area is 120 Å². The summed E-state index contributed by atoms with van der Waals surface area (Å²) in [6.45, 7) is 4.23. The van der Waals surface area contributed by atoms with Crippen LogP contribution in [0.3, 0.4) is 0 Å². The van der Waals surface area contributed by atoms with Crippen LogP contribution in [0.2, 0.25) is 5.02 Å². The predicted molar refractivity (Wildman–Crippen MR) is 83.1 cm³/mol. The lowest BCUT2D eigenvalue weighted by Crippen LogP contribution is -2.01. The van der Waals surface area contributed by atoms with Gasteiger partial charge in [-0.2, -0.15) is 0 Å². The van der Waals surface area contributed by atoms with E-state index < -0.39 is 0 Å². The minimum atomic E-state index is 0.754. The molecule has 0 spiro atoms. The van der Waals surface area contributed by atoms with E-state index in [1.54, 1.807) is 0 Å². The molecule has 0 amide bonds. The maximum Gasteiger partial charge on any atom is 0.0860 e. The number of fused-ring (bicyclic) bond motifs is 1. The van der Waals surface area contributed by atoms with Crippen molar-refractivity contribution >= 4 is 50.8 Å². The van der Waals surface area contributed by atoms with Gasteiger partial charge in [0.15, 0.2) is 0 Å². The van der Waals surface area contributed by atoms with E-state index in [-0.39, 0.29) is 0 Å². The highest BCUT2D eigenvalue weighted by Gasteiger charge is 2.12. The van der Waals surface area contributed by atoms with Crippen molar-refractivity contribution in [3.05, 3.63) is 32.0 Å². The molecule has 2 nitrogen and oxygen atoms in total. The van der Waals surface area contributed by atoms with E-state index in [0.29, 0.717) is 0 Å². The third-order valence-electron chi connectivity index (χ3n) is 2.94. The SMILES string of the molecule is CCc1nc2c(I)cc(Cl)cc2c(NC)c1C. The van der Waals surface area contributed by atoms with E-state index in [0.717, 1.165) is 37.3 Å². The van der Waals surface area contributed by atoms with Crippen LogP contribution in [0.1, 0.15) is 18.2 Å². The van der Waals surface area contributed by atoms with Crippen LogP contribution in [0.25, 0.3) is 10.9 Å². The number of pyridine rings is 1. The minimum Gasteiger partial charge on any atom is -0.387 e. The lowest BCUT2D eigenvalue weighted by Gasteiger charge is -2.14. The van der Waals surface area contributed by atoms with Gasteiger partial charge in [-0.25, -0.2) is 0 Å². The third-order valence-corrected chi connectivity index (χ3v) is 3.98. The number of benzene rings is 1. The maximum atomic E-state index is 6.12. The number of rotatable bonds is 2. The number of nitrogens with one attached hydrogen (secondary N) is 1. The van der Waals surface area contributed by atoms with E-state index in [4.69, 9.17) is 16.6 Å². The van der Waals surface area contributed by atoms with Crippen LogP contribution < -0.4 is 5.32 Å². The Hall–Kier alpha value is -0.550. The van der Waals surface area contributed by atoms with Crippen LogP contribution in [-0.4, -0.2) is 12.0 Å². The van der Waals surface area contributed by atoms with E-state index >= 15 is 0 Å². The Bertz CT molecular complexity index is 581. The second-order valence-corrected chi connectivity index (χ2v) is 5.54. The van der Waals surface area contributed by atoms with Gasteiger partial charge in [0.2, 0.25) is 0 Å². The minimum absolute atomic E-state index is 0.754. The monoisotopic (exact) mass is 360 g/mol. The summed E-state index contributed by atoms with van der Waals surface area (Å²) >= 11 is 8.41. The fraction of sp³-hybridized carbons (Fsp3) is 0.308. The molecule has 0 saturated heterocycles. The Balaban J connectivity index is 2.92. The highest BCUT2D eigenvalue weighted by molar-refractivity contribution is 14.1. The van der Waals surface area contributed by atoms with Crippen LogP contribution in [-0.2, 0) is 6.42 Å². The highest BCUT2D eigenvalue weighted by atomic mass is 127. The molecule has 4 heteroatoms. The molecule has 1 aromatic heterocycles. The number of aryl methyl sites for hydroxylation is 1. The number of hydrogen-bond donors (Lipinski definition) is 1. The molecule has 1 aromatic carbocycles. The van der Waals surface area contributed by atoms with E-state index in [1.165, 1.54) is 5.56 Å². The highest BCUT2D eigenvalue weighted by Crippen LogP contribution is 2.32. The fourth-order valence-electron chi connectivity index (χ4n) is 2.10. The smallest absolute Gasteiger partial charge is 0.0860 e. The van der Waals surface area contributed by atoms with Crippen molar-refractivity contribution in [1.82, 2.24) is 4.98 Å². The molecule has 0 aliphatic rings. The van der Waals surface area contributed by atoms with E-state index in [2.05, 4.69) is 41.8 Å². The zero-order valence-electron chi connectivity index (χ0n) is 10.1. The van der Waals surface area contributed by atoms with Crippen LogP contribution in [0.4, 0.5) is 5.69 Å². The predicted octanol–water partition coefficient (Wildman–Crippen LogP) is 4.41. The quantitative estimate of drug-likeness (QED) is 0.803. The number of aromatic nitrogens is 1. The van der Waals surface area contributed by atoms with Gasteiger partial charge in [0.1, 0.15) is 0 Å². The summed E-state index contributed by atoms with van der Waals surface area (Å²) in [5.74, 6) is 0. The molecule has 17 heavy (non-hydrogen) atoms. The molecule has 1 N–H and O–H groups in total. The standard InChI is InChI=1S/C13H14ClIN2/c1-4-11-7(2)12(16-3)9-5-8(14)6-10(15)13(9)17-11/h5-6H,4H2,1-3H3,(H,16,17). The molecule has 0 aliphatic heterocycles. The lowest BCUT2D eigenvalue weighted by atomic mass is 10.1. The lowest BCUT2D eigenvalue weighted by molar-refractivity contribution is 1.03. The molecule has 0 atom stereocenters. The molecule has 0 fully saturated rings. The molecule has 1 heterocycles. The van der Waals surface area contributed by atoms with Crippen molar-refractivity contribution in [2.24, 2.45) is 0 Å². The van der Waals surface area contributed by atoms with Gasteiger partial charge in [0.05, 0.1) is 5.52 Å². The van der Waals surface area contributed by atoms with Crippen LogP contribution >= 0.6 is 34.2 Å². The molecule has 0 bridgehead atoms. The normalized spacial score (nSPS) is 10.9. The van der Waals surface area contributed by atoms with Gasteiger partial charge in [-0.3, -0.25) is 4.98 Å². The molecule has 2 aromatic rings. The Morgan fingerprint density at radius 2 is 2.12 bits per heavy atom. The number of halogens is 2. The largest absolute Gasteiger partial charge is 0.387 e. The Kier molecular flexibility index (Phi) is 3.78. The summed E-state index contributed by atoms with van der Waals surface area (Å²) in [6, 6.07) is 3.93. The molecule has 2 rings (SSSR count). The van der Waals surface area contributed by atoms with Gasteiger partial charge in [0.25, 0.3) is 0 Å². The number of anilines is 1. The van der Waals surface area contributed by atoms with Crippen molar-refractivity contribution in [3.8, 4) is 0 Å². The Morgan fingerprint density at radius 1 is 1.41 bits per heavy atom. The van der Waals surface area contributed by atoms with E-state index in [9.17, 15) is 0 Å². The first-order valence-electron chi connectivity index (χ1n) is 5.54. The molecule has 0 unspecified atom stereocenters. The van der Waals surface area contributed by atoms with Crippen molar-refractivity contribution in [2.75, 3.05) is 12.4 Å². The first-order chi connectivity index (χ1) is 8.08. The average Bonchev–Trinajstić information content (AvgIpc) is 2.28. The van der Waals surface area contributed by atoms with Crippen LogP contribution in [0.5, 0.6) is 0 Å². The van der Waals surface area contributed by atoms with Crippen LogP contribution in [0, 0.1) is 10.5 Å². The average molecular weight is 361 g/mol. The first-order valence-corrected chi connectivity index (χ1v) is 7.00. The topological polar surface area (TPSA) is 24.9 Å². The molecule has 0 saturated carbocycles. The van der Waals surface area contributed by atoms with Crippen molar-refractivity contribution in [1.29, 1.82) is 0 Å². The third kappa shape index (κ3) is 2.22. The fourth-order valence-corrected chi connectivity index (χ4v) is 3.25. The molecule has 90 valence electrons. The summed E-state index contributed by atoms with van der Waals surface area (Å²) in [7, 11) is 1.94. The van der Waals surface area contributed by atoms with Crippen molar-refractivity contribution in [2.45, 2.75) is 20.3 Å². The Morgan fingerprint density at radius 3 is 2.71 bits per heavy atom. The zero-order valence-corrected chi connectivity index (χ0v) is 13.0. The van der Waals surface area contributed by atoms with Crippen molar-refractivity contribution in [3.63, 3.8) is 0 Å². The van der Waals surface area contributed by atoms with Gasteiger partial charge in [-0.05, 0) is 53.6 Å². The maximum absolute atomic E-state index is 6.12. The first kappa shape index (κ1) is 12.9.